The van der Waals surface area contributed by atoms with Gasteiger partial charge in [0.15, 0.2) is 11.6 Å². The molecule has 0 bridgehead atoms. The van der Waals surface area contributed by atoms with E-state index < -0.39 is 35.5 Å². The molecule has 1 saturated heterocycles. The summed E-state index contributed by atoms with van der Waals surface area (Å²) in [6, 6.07) is 5.66. The van der Waals surface area contributed by atoms with Crippen molar-refractivity contribution in [3.05, 3.63) is 65.0 Å². The number of carboxylic acid groups (broad SMARTS) is 1. The van der Waals surface area contributed by atoms with E-state index in [1.54, 1.807) is 11.0 Å². The van der Waals surface area contributed by atoms with Gasteiger partial charge < -0.3 is 9.84 Å². The Morgan fingerprint density at radius 3 is 2.56 bits per heavy atom. The van der Waals surface area contributed by atoms with Crippen LogP contribution in [0.4, 0.5) is 13.2 Å². The van der Waals surface area contributed by atoms with E-state index >= 15 is 0 Å². The highest BCUT2D eigenvalue weighted by atomic mass is 19.1. The third-order valence-corrected chi connectivity index (χ3v) is 4.91. The molecule has 27 heavy (non-hydrogen) atoms. The average molecular weight is 379 g/mol. The number of methoxy groups -OCH3 is 1. The first-order valence-corrected chi connectivity index (χ1v) is 8.69. The monoisotopic (exact) mass is 379 g/mol. The summed E-state index contributed by atoms with van der Waals surface area (Å²) in [5.74, 6) is -3.15. The van der Waals surface area contributed by atoms with Crippen LogP contribution in [0.2, 0.25) is 0 Å². The number of ether oxygens (including phenoxy) is 1. The molecule has 1 fully saturated rings. The maximum Gasteiger partial charge on any atom is 0.320 e. The molecule has 2 aromatic rings. The lowest BCUT2D eigenvalue weighted by atomic mass is 9.91. The summed E-state index contributed by atoms with van der Waals surface area (Å²) in [5, 5.41) is 9.61. The van der Waals surface area contributed by atoms with Crippen molar-refractivity contribution in [2.24, 2.45) is 0 Å². The highest BCUT2D eigenvalue weighted by molar-refractivity contribution is 5.73. The highest BCUT2D eigenvalue weighted by Crippen LogP contribution is 2.37. The number of hydrogen-bond acceptors (Lipinski definition) is 3. The van der Waals surface area contributed by atoms with Gasteiger partial charge in [0.2, 0.25) is 0 Å². The second-order valence-corrected chi connectivity index (χ2v) is 6.55. The van der Waals surface area contributed by atoms with Crippen molar-refractivity contribution in [1.82, 2.24) is 4.90 Å². The van der Waals surface area contributed by atoms with Crippen LogP contribution in [0, 0.1) is 17.5 Å². The molecule has 1 aliphatic rings. The molecule has 1 heterocycles. The summed E-state index contributed by atoms with van der Waals surface area (Å²) in [4.78, 5) is 13.4. The van der Waals surface area contributed by atoms with E-state index in [9.17, 15) is 23.1 Å². The molecule has 2 atom stereocenters. The summed E-state index contributed by atoms with van der Waals surface area (Å²) in [6.45, 7) is 0.409. The molecule has 2 aromatic carbocycles. The molecule has 0 saturated carbocycles. The minimum atomic E-state index is -1.02. The Bertz CT molecular complexity index is 843. The molecule has 2 unspecified atom stereocenters. The van der Waals surface area contributed by atoms with Gasteiger partial charge in [0.25, 0.3) is 0 Å². The quantitative estimate of drug-likeness (QED) is 0.848. The largest absolute Gasteiger partial charge is 0.494 e. The van der Waals surface area contributed by atoms with Gasteiger partial charge in [-0.3, -0.25) is 9.69 Å². The Morgan fingerprint density at radius 2 is 1.93 bits per heavy atom. The lowest BCUT2D eigenvalue weighted by Crippen LogP contribution is -2.47. The molecule has 0 amide bonds. The van der Waals surface area contributed by atoms with Crippen molar-refractivity contribution in [2.45, 2.75) is 31.3 Å². The number of likely N-dealkylation sites (tertiary alicyclic amines) is 1. The molecule has 0 aliphatic carbocycles. The Hall–Kier alpha value is -2.54. The summed E-state index contributed by atoms with van der Waals surface area (Å²) >= 11 is 0. The summed E-state index contributed by atoms with van der Waals surface area (Å²) < 4.78 is 47.2. The summed E-state index contributed by atoms with van der Waals surface area (Å²) in [7, 11) is 1.33. The second-order valence-electron chi connectivity index (χ2n) is 6.55. The van der Waals surface area contributed by atoms with E-state index in [0.717, 1.165) is 25.0 Å². The van der Waals surface area contributed by atoms with Crippen LogP contribution in [-0.4, -0.2) is 35.7 Å². The number of nitrogens with zero attached hydrogens (tertiary/aromatic N) is 1. The molecule has 0 radical (unpaired) electrons. The summed E-state index contributed by atoms with van der Waals surface area (Å²) in [5.41, 5.74) is 0.487. The topological polar surface area (TPSA) is 49.8 Å². The molecule has 3 rings (SSSR count). The lowest BCUT2D eigenvalue weighted by Gasteiger charge is -2.39. The third kappa shape index (κ3) is 3.93. The Kier molecular flexibility index (Phi) is 5.70. The van der Waals surface area contributed by atoms with Crippen molar-refractivity contribution in [1.29, 1.82) is 0 Å². The predicted octanol–water partition coefficient (Wildman–Crippen LogP) is 4.14. The smallest absolute Gasteiger partial charge is 0.320 e. The Labute approximate surface area is 155 Å². The normalized spacial score (nSPS) is 18.9. The number of benzene rings is 2. The number of carboxylic acids is 1. The molecule has 144 valence electrons. The van der Waals surface area contributed by atoms with Crippen molar-refractivity contribution in [3.8, 4) is 5.75 Å². The number of halogens is 3. The molecular formula is C20H20F3NO3. The van der Waals surface area contributed by atoms with Gasteiger partial charge in [-0.05, 0) is 43.1 Å². The number of aliphatic carboxylic acids is 1. The lowest BCUT2D eigenvalue weighted by molar-refractivity contribution is -0.145. The van der Waals surface area contributed by atoms with Crippen LogP contribution in [0.25, 0.3) is 0 Å². The maximum atomic E-state index is 14.6. The van der Waals surface area contributed by atoms with E-state index in [-0.39, 0.29) is 11.3 Å². The van der Waals surface area contributed by atoms with Crippen LogP contribution in [0.3, 0.4) is 0 Å². The van der Waals surface area contributed by atoms with Gasteiger partial charge in [0.05, 0.1) is 13.2 Å². The van der Waals surface area contributed by atoms with Crippen LogP contribution in [0.5, 0.6) is 5.75 Å². The van der Waals surface area contributed by atoms with Crippen molar-refractivity contribution in [3.63, 3.8) is 0 Å². The predicted molar refractivity (Wildman–Crippen MR) is 93.1 cm³/mol. The van der Waals surface area contributed by atoms with Crippen LogP contribution < -0.4 is 4.74 Å². The molecule has 1 N–H and O–H groups in total. The number of hydrogen-bond donors (Lipinski definition) is 1. The van der Waals surface area contributed by atoms with E-state index in [4.69, 9.17) is 4.74 Å². The molecule has 0 aromatic heterocycles. The maximum absolute atomic E-state index is 14.6. The first-order chi connectivity index (χ1) is 12.9. The minimum absolute atomic E-state index is 0.0329. The van der Waals surface area contributed by atoms with Crippen LogP contribution in [-0.2, 0) is 4.79 Å². The standard InChI is InChI=1S/C20H20F3NO3/c1-27-18-8-5-12(10-16(18)23)19(14-7-6-13(21)11-15(14)22)24-9-3-2-4-17(24)20(25)26/h5-8,10-11,17,19H,2-4,9H2,1H3,(H,25,26). The van der Waals surface area contributed by atoms with Crippen LogP contribution in [0.15, 0.2) is 36.4 Å². The fourth-order valence-electron chi connectivity index (χ4n) is 3.65. The van der Waals surface area contributed by atoms with Gasteiger partial charge in [-0.1, -0.05) is 18.6 Å². The first-order valence-electron chi connectivity index (χ1n) is 8.69. The van der Waals surface area contributed by atoms with Gasteiger partial charge in [0, 0.05) is 11.6 Å². The first kappa shape index (κ1) is 19.2. The number of rotatable bonds is 5. The van der Waals surface area contributed by atoms with Crippen molar-refractivity contribution < 1.29 is 27.8 Å². The Morgan fingerprint density at radius 1 is 1.15 bits per heavy atom. The number of carbonyl (C=O) groups is 1. The van der Waals surface area contributed by atoms with Gasteiger partial charge in [-0.25, -0.2) is 13.2 Å². The third-order valence-electron chi connectivity index (χ3n) is 4.91. The van der Waals surface area contributed by atoms with E-state index in [2.05, 4.69) is 0 Å². The average Bonchev–Trinajstić information content (AvgIpc) is 2.64. The van der Waals surface area contributed by atoms with E-state index in [1.165, 1.54) is 25.3 Å². The zero-order valence-corrected chi connectivity index (χ0v) is 14.8. The minimum Gasteiger partial charge on any atom is -0.494 e. The fourth-order valence-corrected chi connectivity index (χ4v) is 3.65. The molecular weight excluding hydrogens is 359 g/mol. The molecule has 4 nitrogen and oxygen atoms in total. The van der Waals surface area contributed by atoms with Gasteiger partial charge in [-0.2, -0.15) is 0 Å². The van der Waals surface area contributed by atoms with E-state index in [0.29, 0.717) is 18.5 Å². The Balaban J connectivity index is 2.14. The second kappa shape index (κ2) is 8.00. The van der Waals surface area contributed by atoms with Crippen molar-refractivity contribution in [2.75, 3.05) is 13.7 Å². The molecule has 7 heteroatoms. The van der Waals surface area contributed by atoms with Crippen molar-refractivity contribution >= 4 is 5.97 Å². The van der Waals surface area contributed by atoms with Gasteiger partial charge in [-0.15, -0.1) is 0 Å². The fraction of sp³-hybridized carbons (Fsp3) is 0.350. The molecule has 0 spiro atoms. The van der Waals surface area contributed by atoms with E-state index in [1.807, 2.05) is 0 Å². The SMILES string of the molecule is COc1ccc(C(c2ccc(F)cc2F)N2CCCCC2C(=O)O)cc1F. The zero-order chi connectivity index (χ0) is 19.6. The summed E-state index contributed by atoms with van der Waals surface area (Å²) in [6.07, 6.45) is 1.89. The molecule has 1 aliphatic heterocycles. The zero-order valence-electron chi connectivity index (χ0n) is 14.8. The highest BCUT2D eigenvalue weighted by Gasteiger charge is 2.36. The van der Waals surface area contributed by atoms with Gasteiger partial charge >= 0.3 is 5.97 Å². The van der Waals surface area contributed by atoms with Crippen LogP contribution >= 0.6 is 0 Å². The van der Waals surface area contributed by atoms with Crippen LogP contribution in [0.1, 0.15) is 36.4 Å². The van der Waals surface area contributed by atoms with Gasteiger partial charge in [0.1, 0.15) is 17.7 Å². The number of piperidine rings is 1.